The van der Waals surface area contributed by atoms with Crippen LogP contribution in [0.25, 0.3) is 0 Å². The largest absolute Gasteiger partial charge is 0.353 e. The van der Waals surface area contributed by atoms with Gasteiger partial charge in [-0.05, 0) is 65.5 Å². The summed E-state index contributed by atoms with van der Waals surface area (Å²) < 4.78 is 0. The number of piperidine rings is 2. The first-order valence-corrected chi connectivity index (χ1v) is 8.20. The van der Waals surface area contributed by atoms with Gasteiger partial charge in [0, 0.05) is 31.1 Å². The first-order chi connectivity index (χ1) is 9.45. The van der Waals surface area contributed by atoms with E-state index in [1.165, 1.54) is 12.8 Å². The number of hydrogen-bond donors (Lipinski definition) is 2. The molecule has 4 heteroatoms. The Balaban J connectivity index is 1.68. The maximum Gasteiger partial charge on any atom is 0.220 e. The Kier molecular flexibility index (Phi) is 5.44. The Morgan fingerprint density at radius 3 is 2.50 bits per heavy atom. The van der Waals surface area contributed by atoms with Gasteiger partial charge in [0.15, 0.2) is 0 Å². The second-order valence-electron chi connectivity index (χ2n) is 7.42. The van der Waals surface area contributed by atoms with Crippen LogP contribution in [0.3, 0.4) is 0 Å². The number of nitrogens with one attached hydrogen (secondary N) is 2. The molecule has 4 nitrogen and oxygen atoms in total. The molecule has 2 fully saturated rings. The number of rotatable bonds is 3. The van der Waals surface area contributed by atoms with Crippen molar-refractivity contribution in [1.29, 1.82) is 0 Å². The third kappa shape index (κ3) is 4.74. The predicted octanol–water partition coefficient (Wildman–Crippen LogP) is 1.76. The van der Waals surface area contributed by atoms with Crippen molar-refractivity contribution in [3.8, 4) is 0 Å². The van der Waals surface area contributed by atoms with Crippen LogP contribution in [-0.4, -0.2) is 48.6 Å². The maximum atomic E-state index is 12.1. The number of carbonyl (C=O) groups excluding carboxylic acids is 1. The lowest BCUT2D eigenvalue weighted by molar-refractivity contribution is -0.123. The fraction of sp³-hybridized carbons (Fsp3) is 0.938. The molecule has 2 aliphatic heterocycles. The van der Waals surface area contributed by atoms with E-state index in [0.29, 0.717) is 18.4 Å². The standard InChI is InChI=1S/C16H31N3O/c1-16(2,3)19-9-6-14(7-10-19)18-15(20)11-13-5-4-8-17-12-13/h13-14,17H,4-12H2,1-3H3,(H,18,20). The van der Waals surface area contributed by atoms with E-state index in [-0.39, 0.29) is 11.4 Å². The molecule has 0 saturated carbocycles. The van der Waals surface area contributed by atoms with E-state index in [2.05, 4.69) is 36.3 Å². The van der Waals surface area contributed by atoms with Crippen molar-refractivity contribution in [2.24, 2.45) is 5.92 Å². The van der Waals surface area contributed by atoms with Crippen LogP contribution in [-0.2, 0) is 4.79 Å². The van der Waals surface area contributed by atoms with Gasteiger partial charge >= 0.3 is 0 Å². The van der Waals surface area contributed by atoms with Gasteiger partial charge in [-0.15, -0.1) is 0 Å². The molecule has 2 N–H and O–H groups in total. The molecule has 0 bridgehead atoms. The summed E-state index contributed by atoms with van der Waals surface area (Å²) in [7, 11) is 0. The van der Waals surface area contributed by atoms with Crippen molar-refractivity contribution in [3.05, 3.63) is 0 Å². The van der Waals surface area contributed by atoms with Gasteiger partial charge in [0.2, 0.25) is 5.91 Å². The Bertz CT molecular complexity index is 310. The predicted molar refractivity (Wildman–Crippen MR) is 82.7 cm³/mol. The van der Waals surface area contributed by atoms with E-state index >= 15 is 0 Å². The van der Waals surface area contributed by atoms with Gasteiger partial charge in [-0.2, -0.15) is 0 Å². The Morgan fingerprint density at radius 2 is 1.95 bits per heavy atom. The number of amides is 1. The van der Waals surface area contributed by atoms with Gasteiger partial charge < -0.3 is 10.6 Å². The highest BCUT2D eigenvalue weighted by Gasteiger charge is 2.28. The van der Waals surface area contributed by atoms with Crippen LogP contribution in [0.4, 0.5) is 0 Å². The molecule has 0 spiro atoms. The third-order valence-corrected chi connectivity index (χ3v) is 4.68. The zero-order chi connectivity index (χ0) is 14.6. The molecule has 0 aromatic heterocycles. The van der Waals surface area contributed by atoms with Gasteiger partial charge in [-0.1, -0.05) is 0 Å². The summed E-state index contributed by atoms with van der Waals surface area (Å²) in [5, 5.41) is 6.62. The fourth-order valence-corrected chi connectivity index (χ4v) is 3.34. The van der Waals surface area contributed by atoms with Crippen molar-refractivity contribution in [1.82, 2.24) is 15.5 Å². The second-order valence-corrected chi connectivity index (χ2v) is 7.42. The molecule has 0 aromatic carbocycles. The molecule has 2 aliphatic rings. The van der Waals surface area contributed by atoms with Crippen LogP contribution in [0, 0.1) is 5.92 Å². The van der Waals surface area contributed by atoms with Crippen molar-refractivity contribution >= 4 is 5.91 Å². The summed E-state index contributed by atoms with van der Waals surface area (Å²) in [6.07, 6.45) is 5.29. The number of carbonyl (C=O) groups is 1. The van der Waals surface area contributed by atoms with Gasteiger partial charge in [-0.25, -0.2) is 0 Å². The lowest BCUT2D eigenvalue weighted by Crippen LogP contribution is -2.51. The minimum absolute atomic E-state index is 0.253. The highest BCUT2D eigenvalue weighted by atomic mass is 16.1. The average Bonchev–Trinajstić information content (AvgIpc) is 2.39. The molecule has 2 rings (SSSR count). The van der Waals surface area contributed by atoms with E-state index < -0.39 is 0 Å². The van der Waals surface area contributed by atoms with Gasteiger partial charge in [0.25, 0.3) is 0 Å². The molecule has 20 heavy (non-hydrogen) atoms. The Hall–Kier alpha value is -0.610. The Labute approximate surface area is 123 Å². The Morgan fingerprint density at radius 1 is 1.25 bits per heavy atom. The highest BCUT2D eigenvalue weighted by Crippen LogP contribution is 2.20. The minimum Gasteiger partial charge on any atom is -0.353 e. The van der Waals surface area contributed by atoms with Crippen LogP contribution in [0.2, 0.25) is 0 Å². The first-order valence-electron chi connectivity index (χ1n) is 8.20. The van der Waals surface area contributed by atoms with Crippen molar-refractivity contribution in [2.75, 3.05) is 26.2 Å². The van der Waals surface area contributed by atoms with Gasteiger partial charge in [0.1, 0.15) is 0 Å². The lowest BCUT2D eigenvalue weighted by atomic mass is 9.95. The minimum atomic E-state index is 0.253. The van der Waals surface area contributed by atoms with Crippen LogP contribution in [0.1, 0.15) is 52.9 Å². The monoisotopic (exact) mass is 281 g/mol. The summed E-state index contributed by atoms with van der Waals surface area (Å²) in [5.74, 6) is 0.798. The highest BCUT2D eigenvalue weighted by molar-refractivity contribution is 5.76. The normalized spacial score (nSPS) is 26.4. The quantitative estimate of drug-likeness (QED) is 0.828. The molecule has 1 unspecified atom stereocenters. The van der Waals surface area contributed by atoms with Gasteiger partial charge in [0.05, 0.1) is 0 Å². The van der Waals surface area contributed by atoms with E-state index in [0.717, 1.165) is 39.0 Å². The SMILES string of the molecule is CC(C)(C)N1CCC(NC(=O)CC2CCCNC2)CC1. The van der Waals surface area contributed by atoms with Crippen LogP contribution >= 0.6 is 0 Å². The molecule has 2 saturated heterocycles. The van der Waals surface area contributed by atoms with Crippen LogP contribution in [0.15, 0.2) is 0 Å². The average molecular weight is 281 g/mol. The smallest absolute Gasteiger partial charge is 0.220 e. The molecular formula is C16H31N3O. The summed E-state index contributed by atoms with van der Waals surface area (Å²) >= 11 is 0. The number of nitrogens with zero attached hydrogens (tertiary/aromatic N) is 1. The summed E-state index contributed by atoms with van der Waals surface area (Å²) in [6.45, 7) is 11.1. The van der Waals surface area contributed by atoms with Crippen molar-refractivity contribution in [2.45, 2.75) is 64.5 Å². The van der Waals surface area contributed by atoms with E-state index in [1.807, 2.05) is 0 Å². The molecule has 1 atom stereocenters. The lowest BCUT2D eigenvalue weighted by Gasteiger charge is -2.41. The molecule has 0 aromatic rings. The number of likely N-dealkylation sites (tertiary alicyclic amines) is 1. The summed E-state index contributed by atoms with van der Waals surface area (Å²) in [4.78, 5) is 14.6. The summed E-state index contributed by atoms with van der Waals surface area (Å²) in [6, 6.07) is 0.387. The zero-order valence-electron chi connectivity index (χ0n) is 13.4. The number of hydrogen-bond acceptors (Lipinski definition) is 3. The molecule has 2 heterocycles. The molecule has 116 valence electrons. The van der Waals surface area contributed by atoms with E-state index in [9.17, 15) is 4.79 Å². The maximum absolute atomic E-state index is 12.1. The molecule has 0 radical (unpaired) electrons. The summed E-state index contributed by atoms with van der Waals surface area (Å²) in [5.41, 5.74) is 0.253. The van der Waals surface area contributed by atoms with E-state index in [4.69, 9.17) is 0 Å². The topological polar surface area (TPSA) is 44.4 Å². The van der Waals surface area contributed by atoms with E-state index in [1.54, 1.807) is 0 Å². The van der Waals surface area contributed by atoms with Crippen LogP contribution < -0.4 is 10.6 Å². The molecular weight excluding hydrogens is 250 g/mol. The zero-order valence-corrected chi connectivity index (χ0v) is 13.4. The fourth-order valence-electron chi connectivity index (χ4n) is 3.34. The third-order valence-electron chi connectivity index (χ3n) is 4.68. The molecule has 0 aliphatic carbocycles. The van der Waals surface area contributed by atoms with Crippen LogP contribution in [0.5, 0.6) is 0 Å². The van der Waals surface area contributed by atoms with Gasteiger partial charge in [-0.3, -0.25) is 9.69 Å². The first kappa shape index (κ1) is 15.8. The second kappa shape index (κ2) is 6.90. The van der Waals surface area contributed by atoms with Crippen molar-refractivity contribution < 1.29 is 4.79 Å². The molecule has 1 amide bonds. The van der Waals surface area contributed by atoms with Crippen molar-refractivity contribution in [3.63, 3.8) is 0 Å².